The number of aryl methyl sites for hydroxylation is 1. The van der Waals surface area contributed by atoms with Gasteiger partial charge in [-0.15, -0.1) is 0 Å². The molecule has 0 aliphatic carbocycles. The van der Waals surface area contributed by atoms with Crippen LogP contribution in [0.15, 0.2) is 16.7 Å². The second-order valence-corrected chi connectivity index (χ2v) is 4.15. The number of hydrogen-bond acceptors (Lipinski definition) is 4. The van der Waals surface area contributed by atoms with Crippen molar-refractivity contribution in [3.05, 3.63) is 23.7 Å². The molecule has 1 aliphatic rings. The molecule has 1 saturated heterocycles. The third-order valence-electron chi connectivity index (χ3n) is 2.74. The van der Waals surface area contributed by atoms with E-state index in [1.807, 2.05) is 6.92 Å². The zero-order valence-corrected chi connectivity index (χ0v) is 9.19. The third kappa shape index (κ3) is 2.43. The summed E-state index contributed by atoms with van der Waals surface area (Å²) in [6.07, 6.45) is 2.52. The van der Waals surface area contributed by atoms with Crippen molar-refractivity contribution in [3.8, 4) is 0 Å². The predicted octanol–water partition coefficient (Wildman–Crippen LogP) is 0.665. The number of carboxylic acids is 1. The summed E-state index contributed by atoms with van der Waals surface area (Å²) in [5, 5.41) is 15.4. The average Bonchev–Trinajstić information content (AvgIpc) is 2.84. The Morgan fingerprint density at radius 1 is 1.75 bits per heavy atom. The van der Waals surface area contributed by atoms with Gasteiger partial charge in [-0.2, -0.15) is 0 Å². The molecule has 1 aliphatic heterocycles. The third-order valence-corrected chi connectivity index (χ3v) is 2.74. The lowest BCUT2D eigenvalue weighted by Crippen LogP contribution is -2.38. The maximum Gasteiger partial charge on any atom is 0.328 e. The minimum Gasteiger partial charge on any atom is -0.480 e. The van der Waals surface area contributed by atoms with Gasteiger partial charge in [-0.1, -0.05) is 0 Å². The van der Waals surface area contributed by atoms with Crippen LogP contribution in [0.5, 0.6) is 0 Å². The summed E-state index contributed by atoms with van der Waals surface area (Å²) in [4.78, 5) is 11.2. The van der Waals surface area contributed by atoms with Crippen LogP contribution in [0, 0.1) is 6.92 Å². The topological polar surface area (TPSA) is 74.5 Å². The normalized spacial score (nSPS) is 22.2. The molecule has 2 heterocycles. The van der Waals surface area contributed by atoms with E-state index in [2.05, 4.69) is 10.6 Å². The van der Waals surface area contributed by atoms with Gasteiger partial charge < -0.3 is 14.8 Å². The molecule has 1 aromatic heterocycles. The van der Waals surface area contributed by atoms with Crippen molar-refractivity contribution in [2.75, 3.05) is 13.1 Å². The molecule has 0 radical (unpaired) electrons. The van der Waals surface area contributed by atoms with Gasteiger partial charge >= 0.3 is 5.97 Å². The first kappa shape index (κ1) is 11.2. The summed E-state index contributed by atoms with van der Waals surface area (Å²) in [5.41, 5.74) is 0.938. The second-order valence-electron chi connectivity index (χ2n) is 4.15. The number of aliphatic carboxylic acids is 1. The molecule has 3 N–H and O–H groups in total. The number of rotatable bonds is 4. The lowest BCUT2D eigenvalue weighted by molar-refractivity contribution is -0.140. The Kier molecular flexibility index (Phi) is 3.26. The summed E-state index contributed by atoms with van der Waals surface area (Å²) in [7, 11) is 0. The van der Waals surface area contributed by atoms with Crippen LogP contribution in [0.1, 0.15) is 23.8 Å². The molecule has 5 nitrogen and oxygen atoms in total. The lowest BCUT2D eigenvalue weighted by atomic mass is 10.1. The van der Waals surface area contributed by atoms with E-state index in [1.165, 1.54) is 0 Å². The van der Waals surface area contributed by atoms with Gasteiger partial charge in [-0.25, -0.2) is 0 Å². The molecule has 1 aromatic rings. The Labute approximate surface area is 93.8 Å². The average molecular weight is 224 g/mol. The zero-order valence-electron chi connectivity index (χ0n) is 9.19. The van der Waals surface area contributed by atoms with E-state index >= 15 is 0 Å². The van der Waals surface area contributed by atoms with E-state index in [4.69, 9.17) is 9.52 Å². The number of hydrogen-bond donors (Lipinski definition) is 3. The summed E-state index contributed by atoms with van der Waals surface area (Å²) in [6.45, 7) is 3.62. The van der Waals surface area contributed by atoms with Gasteiger partial charge in [0.25, 0.3) is 0 Å². The standard InChI is InChI=1S/C11H16N2O3/c1-7-4-9(16-6-7)10(11(14)15)13-8-2-3-12-5-8/h4,6,8,10,12-13H,2-3,5H2,1H3,(H,14,15). The van der Waals surface area contributed by atoms with E-state index < -0.39 is 12.0 Å². The fraction of sp³-hybridized carbons (Fsp3) is 0.545. The smallest absolute Gasteiger partial charge is 0.328 e. The number of carboxylic acid groups (broad SMARTS) is 1. The molecule has 5 heteroatoms. The van der Waals surface area contributed by atoms with Crippen molar-refractivity contribution < 1.29 is 14.3 Å². The maximum absolute atomic E-state index is 11.2. The largest absolute Gasteiger partial charge is 0.480 e. The first-order valence-corrected chi connectivity index (χ1v) is 5.41. The highest BCUT2D eigenvalue weighted by Gasteiger charge is 2.27. The van der Waals surface area contributed by atoms with Crippen LogP contribution >= 0.6 is 0 Å². The van der Waals surface area contributed by atoms with Crippen LogP contribution in [0.2, 0.25) is 0 Å². The second kappa shape index (κ2) is 4.67. The fourth-order valence-electron chi connectivity index (χ4n) is 1.91. The SMILES string of the molecule is Cc1coc(C(NC2CCNC2)C(=O)O)c1. The molecule has 1 fully saturated rings. The highest BCUT2D eigenvalue weighted by molar-refractivity contribution is 5.74. The van der Waals surface area contributed by atoms with Gasteiger partial charge in [-0.05, 0) is 31.5 Å². The van der Waals surface area contributed by atoms with Gasteiger partial charge in [0.15, 0.2) is 6.04 Å². The summed E-state index contributed by atoms with van der Waals surface area (Å²) in [5.74, 6) is -0.432. The molecule has 0 spiro atoms. The van der Waals surface area contributed by atoms with Crippen molar-refractivity contribution in [2.24, 2.45) is 0 Å². The highest BCUT2D eigenvalue weighted by atomic mass is 16.4. The van der Waals surface area contributed by atoms with Gasteiger partial charge in [0.2, 0.25) is 0 Å². The minimum atomic E-state index is -0.902. The molecule has 2 unspecified atom stereocenters. The van der Waals surface area contributed by atoms with Crippen LogP contribution in [-0.4, -0.2) is 30.2 Å². The molecule has 0 aromatic carbocycles. The Balaban J connectivity index is 2.07. The van der Waals surface area contributed by atoms with Crippen LogP contribution < -0.4 is 10.6 Å². The minimum absolute atomic E-state index is 0.200. The van der Waals surface area contributed by atoms with Crippen LogP contribution in [-0.2, 0) is 4.79 Å². The van der Waals surface area contributed by atoms with Crippen LogP contribution in [0.4, 0.5) is 0 Å². The highest BCUT2D eigenvalue weighted by Crippen LogP contribution is 2.18. The first-order valence-electron chi connectivity index (χ1n) is 5.41. The Morgan fingerprint density at radius 2 is 2.56 bits per heavy atom. The van der Waals surface area contributed by atoms with Crippen molar-refractivity contribution >= 4 is 5.97 Å². The van der Waals surface area contributed by atoms with Crippen molar-refractivity contribution in [1.82, 2.24) is 10.6 Å². The quantitative estimate of drug-likeness (QED) is 0.700. The summed E-state index contributed by atoms with van der Waals surface area (Å²) in [6, 6.07) is 1.21. The number of furan rings is 1. The van der Waals surface area contributed by atoms with Gasteiger partial charge in [0.05, 0.1) is 6.26 Å². The Bertz CT molecular complexity index is 369. The van der Waals surface area contributed by atoms with Crippen molar-refractivity contribution in [2.45, 2.75) is 25.4 Å². The molecule has 0 amide bonds. The van der Waals surface area contributed by atoms with E-state index in [-0.39, 0.29) is 6.04 Å². The van der Waals surface area contributed by atoms with E-state index in [1.54, 1.807) is 12.3 Å². The number of carbonyl (C=O) groups is 1. The summed E-state index contributed by atoms with van der Waals surface area (Å²) < 4.78 is 5.23. The van der Waals surface area contributed by atoms with E-state index in [0.29, 0.717) is 5.76 Å². The van der Waals surface area contributed by atoms with Crippen molar-refractivity contribution in [1.29, 1.82) is 0 Å². The molecule has 88 valence electrons. The van der Waals surface area contributed by atoms with Crippen molar-refractivity contribution in [3.63, 3.8) is 0 Å². The molecule has 0 bridgehead atoms. The van der Waals surface area contributed by atoms with Crippen LogP contribution in [0.3, 0.4) is 0 Å². The Hall–Kier alpha value is -1.33. The molecular weight excluding hydrogens is 208 g/mol. The van der Waals surface area contributed by atoms with E-state index in [0.717, 1.165) is 25.1 Å². The van der Waals surface area contributed by atoms with Gasteiger partial charge in [0, 0.05) is 12.6 Å². The first-order chi connectivity index (χ1) is 7.66. The van der Waals surface area contributed by atoms with Gasteiger partial charge in [-0.3, -0.25) is 10.1 Å². The lowest BCUT2D eigenvalue weighted by Gasteiger charge is -2.16. The van der Waals surface area contributed by atoms with E-state index in [9.17, 15) is 4.79 Å². The van der Waals surface area contributed by atoms with Crippen LogP contribution in [0.25, 0.3) is 0 Å². The zero-order chi connectivity index (χ0) is 11.5. The number of nitrogens with one attached hydrogen (secondary N) is 2. The molecule has 0 saturated carbocycles. The molecule has 16 heavy (non-hydrogen) atoms. The van der Waals surface area contributed by atoms with Gasteiger partial charge in [0.1, 0.15) is 5.76 Å². The molecule has 2 atom stereocenters. The fourth-order valence-corrected chi connectivity index (χ4v) is 1.91. The molecule has 2 rings (SSSR count). The predicted molar refractivity (Wildman–Crippen MR) is 58.2 cm³/mol. The molecular formula is C11H16N2O3. The monoisotopic (exact) mass is 224 g/mol. The maximum atomic E-state index is 11.2. The Morgan fingerprint density at radius 3 is 3.06 bits per heavy atom. The summed E-state index contributed by atoms with van der Waals surface area (Å²) >= 11 is 0.